The molecule has 0 bridgehead atoms. The maximum absolute atomic E-state index is 11.7. The second kappa shape index (κ2) is 7.81. The van der Waals surface area contributed by atoms with Crippen LogP contribution in [0.5, 0.6) is 0 Å². The second-order valence-electron chi connectivity index (χ2n) is 9.85. The molecule has 3 aromatic rings. The molecule has 2 fully saturated rings. The number of piperidine rings is 1. The molecule has 162 valence electrons. The Hall–Kier alpha value is -2.62. The number of fused-ring (bicyclic) bond motifs is 1. The van der Waals surface area contributed by atoms with Crippen molar-refractivity contribution in [3.05, 3.63) is 52.8 Å². The number of rotatable bonds is 4. The molecule has 3 heterocycles. The summed E-state index contributed by atoms with van der Waals surface area (Å²) >= 11 is 0. The van der Waals surface area contributed by atoms with Gasteiger partial charge in [0.05, 0.1) is 5.69 Å². The van der Waals surface area contributed by atoms with Gasteiger partial charge in [0.2, 0.25) is 5.91 Å². The number of pyridine rings is 1. The minimum Gasteiger partial charge on any atom is -0.354 e. The quantitative estimate of drug-likeness (QED) is 0.546. The van der Waals surface area contributed by atoms with Crippen molar-refractivity contribution in [3.63, 3.8) is 0 Å². The molecule has 1 aliphatic carbocycles. The zero-order chi connectivity index (χ0) is 21.7. The number of hydrogen-bond donors (Lipinski definition) is 1. The van der Waals surface area contributed by atoms with Crippen LogP contribution in [0.1, 0.15) is 86.7 Å². The van der Waals surface area contributed by atoms with E-state index < -0.39 is 0 Å². The average molecular weight is 416 g/mol. The summed E-state index contributed by atoms with van der Waals surface area (Å²) in [5.41, 5.74) is 8.91. The van der Waals surface area contributed by atoms with E-state index in [4.69, 9.17) is 4.98 Å². The van der Waals surface area contributed by atoms with E-state index in [0.717, 1.165) is 31.6 Å². The monoisotopic (exact) mass is 415 g/mol. The van der Waals surface area contributed by atoms with E-state index >= 15 is 0 Å². The summed E-state index contributed by atoms with van der Waals surface area (Å²) in [5, 5.41) is 1.35. The molecule has 0 spiro atoms. The fourth-order valence-corrected chi connectivity index (χ4v) is 5.27. The predicted molar refractivity (Wildman–Crippen MR) is 127 cm³/mol. The van der Waals surface area contributed by atoms with Crippen molar-refractivity contribution in [2.45, 2.75) is 71.1 Å². The fourth-order valence-electron chi connectivity index (χ4n) is 5.27. The summed E-state index contributed by atoms with van der Waals surface area (Å²) in [6.45, 7) is 10.1. The Labute approximate surface area is 185 Å². The molecule has 2 aromatic heterocycles. The van der Waals surface area contributed by atoms with Gasteiger partial charge in [0.1, 0.15) is 0 Å². The SMILES string of the molecule is CC(=O)N1CCC(c2ccc3[nH]c(-c4cc(C)nc(C5CC5)c4)c(C(C)C)c3c2)CC1. The van der Waals surface area contributed by atoms with Crippen LogP contribution >= 0.6 is 0 Å². The van der Waals surface area contributed by atoms with Crippen molar-refractivity contribution in [2.24, 2.45) is 0 Å². The molecular formula is C27H33N3O. The highest BCUT2D eigenvalue weighted by Gasteiger charge is 2.27. The smallest absolute Gasteiger partial charge is 0.219 e. The van der Waals surface area contributed by atoms with E-state index in [9.17, 15) is 4.79 Å². The molecule has 1 aromatic carbocycles. The van der Waals surface area contributed by atoms with Crippen molar-refractivity contribution in [2.75, 3.05) is 13.1 Å². The van der Waals surface area contributed by atoms with Crippen LogP contribution in [0.25, 0.3) is 22.2 Å². The lowest BCUT2D eigenvalue weighted by Crippen LogP contribution is -2.36. The summed E-state index contributed by atoms with van der Waals surface area (Å²) in [6, 6.07) is 11.5. The number of nitrogens with zero attached hydrogens (tertiary/aromatic N) is 2. The Morgan fingerprint density at radius 2 is 1.81 bits per heavy atom. The molecule has 31 heavy (non-hydrogen) atoms. The van der Waals surface area contributed by atoms with E-state index in [1.165, 1.54) is 51.8 Å². The zero-order valence-corrected chi connectivity index (χ0v) is 19.2. The molecule has 0 atom stereocenters. The minimum absolute atomic E-state index is 0.199. The summed E-state index contributed by atoms with van der Waals surface area (Å²) in [5.74, 6) is 1.81. The number of aromatic amines is 1. The first-order chi connectivity index (χ1) is 14.9. The van der Waals surface area contributed by atoms with Gasteiger partial charge in [-0.3, -0.25) is 9.78 Å². The van der Waals surface area contributed by atoms with E-state index in [0.29, 0.717) is 17.8 Å². The summed E-state index contributed by atoms with van der Waals surface area (Å²) < 4.78 is 0. The van der Waals surface area contributed by atoms with Gasteiger partial charge in [-0.2, -0.15) is 0 Å². The summed E-state index contributed by atoms with van der Waals surface area (Å²) in [6.07, 6.45) is 4.64. The largest absolute Gasteiger partial charge is 0.354 e. The van der Waals surface area contributed by atoms with Gasteiger partial charge in [-0.15, -0.1) is 0 Å². The van der Waals surface area contributed by atoms with Crippen LogP contribution in [0.3, 0.4) is 0 Å². The number of carbonyl (C=O) groups excluding carboxylic acids is 1. The lowest BCUT2D eigenvalue weighted by atomic mass is 9.87. The number of nitrogens with one attached hydrogen (secondary N) is 1. The van der Waals surface area contributed by atoms with Gasteiger partial charge >= 0.3 is 0 Å². The zero-order valence-electron chi connectivity index (χ0n) is 19.2. The van der Waals surface area contributed by atoms with Gasteiger partial charge in [0.25, 0.3) is 0 Å². The predicted octanol–water partition coefficient (Wildman–Crippen LogP) is 6.27. The first-order valence-corrected chi connectivity index (χ1v) is 11.8. The van der Waals surface area contributed by atoms with Crippen LogP contribution < -0.4 is 0 Å². The number of aryl methyl sites for hydroxylation is 1. The highest BCUT2D eigenvalue weighted by atomic mass is 16.2. The summed E-state index contributed by atoms with van der Waals surface area (Å²) in [7, 11) is 0. The van der Waals surface area contributed by atoms with E-state index in [2.05, 4.69) is 56.1 Å². The first-order valence-electron chi connectivity index (χ1n) is 11.8. The lowest BCUT2D eigenvalue weighted by molar-refractivity contribution is -0.129. The molecule has 5 rings (SSSR count). The van der Waals surface area contributed by atoms with Crippen LogP contribution in [0.2, 0.25) is 0 Å². The number of amides is 1. The Kier molecular flexibility index (Phi) is 5.11. The van der Waals surface area contributed by atoms with Gasteiger partial charge in [-0.25, -0.2) is 0 Å². The maximum atomic E-state index is 11.7. The van der Waals surface area contributed by atoms with Crippen molar-refractivity contribution in [1.29, 1.82) is 0 Å². The third-order valence-corrected chi connectivity index (χ3v) is 7.11. The Bertz CT molecular complexity index is 1130. The topological polar surface area (TPSA) is 49.0 Å². The standard InChI is InChI=1S/C27H33N3O/c1-16(2)26-23-14-21(19-9-11-30(12-10-19)18(4)31)7-8-24(23)29-27(26)22-13-17(3)28-25(15-22)20-5-6-20/h7-8,13-16,19-20,29H,5-6,9-12H2,1-4H3. The average Bonchev–Trinajstić information content (AvgIpc) is 3.52. The molecule has 2 aliphatic rings. The highest BCUT2D eigenvalue weighted by Crippen LogP contribution is 2.42. The number of carbonyl (C=O) groups is 1. The number of hydrogen-bond acceptors (Lipinski definition) is 2. The highest BCUT2D eigenvalue weighted by molar-refractivity contribution is 5.92. The van der Waals surface area contributed by atoms with Crippen molar-refractivity contribution < 1.29 is 4.79 Å². The van der Waals surface area contributed by atoms with Crippen molar-refractivity contribution in [3.8, 4) is 11.3 Å². The molecule has 0 unspecified atom stereocenters. The van der Waals surface area contributed by atoms with Crippen LogP contribution in [-0.2, 0) is 4.79 Å². The molecule has 0 radical (unpaired) electrons. The van der Waals surface area contributed by atoms with Gasteiger partial charge in [0, 0.05) is 53.8 Å². The molecule has 1 aliphatic heterocycles. The van der Waals surface area contributed by atoms with Gasteiger partial charge in [-0.1, -0.05) is 19.9 Å². The van der Waals surface area contributed by atoms with Crippen molar-refractivity contribution >= 4 is 16.8 Å². The van der Waals surface area contributed by atoms with Gasteiger partial charge in [0.15, 0.2) is 0 Å². The van der Waals surface area contributed by atoms with E-state index in [1.54, 1.807) is 6.92 Å². The normalized spacial score (nSPS) is 17.6. The first kappa shape index (κ1) is 20.3. The maximum Gasteiger partial charge on any atom is 0.219 e. The Balaban J connectivity index is 1.54. The van der Waals surface area contributed by atoms with Gasteiger partial charge < -0.3 is 9.88 Å². The van der Waals surface area contributed by atoms with Crippen molar-refractivity contribution in [1.82, 2.24) is 14.9 Å². The molecule has 1 saturated heterocycles. The van der Waals surface area contributed by atoms with Crippen LogP contribution in [0, 0.1) is 6.92 Å². The van der Waals surface area contributed by atoms with Gasteiger partial charge in [-0.05, 0) is 79.8 Å². The molecular weight excluding hydrogens is 382 g/mol. The third kappa shape index (κ3) is 3.88. The number of benzene rings is 1. The Morgan fingerprint density at radius 1 is 1.06 bits per heavy atom. The minimum atomic E-state index is 0.199. The molecule has 4 heteroatoms. The van der Waals surface area contributed by atoms with E-state index in [-0.39, 0.29) is 5.91 Å². The fraction of sp³-hybridized carbons (Fsp3) is 0.481. The number of likely N-dealkylation sites (tertiary alicyclic amines) is 1. The summed E-state index contributed by atoms with van der Waals surface area (Å²) in [4.78, 5) is 22.2. The molecule has 1 N–H and O–H groups in total. The number of H-pyrrole nitrogens is 1. The second-order valence-corrected chi connectivity index (χ2v) is 9.85. The lowest BCUT2D eigenvalue weighted by Gasteiger charge is -2.31. The van der Waals surface area contributed by atoms with Crippen LogP contribution in [-0.4, -0.2) is 33.9 Å². The van der Waals surface area contributed by atoms with E-state index in [1.807, 2.05) is 4.90 Å². The third-order valence-electron chi connectivity index (χ3n) is 7.11. The molecule has 4 nitrogen and oxygen atoms in total. The molecule has 1 saturated carbocycles. The Morgan fingerprint density at radius 3 is 2.45 bits per heavy atom. The van der Waals surface area contributed by atoms with Crippen LogP contribution in [0.15, 0.2) is 30.3 Å². The van der Waals surface area contributed by atoms with Crippen LogP contribution in [0.4, 0.5) is 0 Å². The molecule has 1 amide bonds. The number of aromatic nitrogens is 2.